The second-order valence-corrected chi connectivity index (χ2v) is 4.36. The molecule has 0 aliphatic carbocycles. The Kier molecular flexibility index (Phi) is 3.94. The van der Waals surface area contributed by atoms with E-state index in [1.54, 1.807) is 6.20 Å². The van der Waals surface area contributed by atoms with Crippen molar-refractivity contribution in [1.29, 1.82) is 0 Å². The molecular formula is C13H14ClN3. The largest absolute Gasteiger partial charge is 0.366 e. The Balaban J connectivity index is 1.98. The molecule has 0 amide bonds. The highest BCUT2D eigenvalue weighted by Crippen LogP contribution is 2.17. The third kappa shape index (κ3) is 3.43. The second-order valence-electron chi connectivity index (χ2n) is 3.95. The maximum Gasteiger partial charge on any atom is 0.148 e. The monoisotopic (exact) mass is 247 g/mol. The van der Waals surface area contributed by atoms with E-state index in [0.29, 0.717) is 10.8 Å². The molecule has 4 heteroatoms. The first kappa shape index (κ1) is 11.9. The van der Waals surface area contributed by atoms with Crippen molar-refractivity contribution in [1.82, 2.24) is 9.97 Å². The molecule has 3 nitrogen and oxygen atoms in total. The molecule has 0 saturated heterocycles. The Morgan fingerprint density at radius 3 is 2.76 bits per heavy atom. The zero-order valence-electron chi connectivity index (χ0n) is 9.60. The van der Waals surface area contributed by atoms with Crippen LogP contribution >= 0.6 is 11.6 Å². The number of halogens is 1. The van der Waals surface area contributed by atoms with Gasteiger partial charge in [-0.25, -0.2) is 9.97 Å². The maximum atomic E-state index is 5.98. The van der Waals surface area contributed by atoms with Crippen molar-refractivity contribution >= 4 is 17.4 Å². The third-order valence-corrected chi connectivity index (χ3v) is 2.71. The highest BCUT2D eigenvalue weighted by Gasteiger charge is 2.06. The molecule has 88 valence electrons. The molecule has 0 bridgehead atoms. The summed E-state index contributed by atoms with van der Waals surface area (Å²) in [6, 6.07) is 10.6. The fourth-order valence-corrected chi connectivity index (χ4v) is 1.83. The van der Waals surface area contributed by atoms with Crippen molar-refractivity contribution in [2.24, 2.45) is 0 Å². The summed E-state index contributed by atoms with van der Waals surface area (Å²) < 4.78 is 0. The van der Waals surface area contributed by atoms with E-state index in [9.17, 15) is 0 Å². The summed E-state index contributed by atoms with van der Waals surface area (Å²) in [5, 5.41) is 3.82. The van der Waals surface area contributed by atoms with Crippen LogP contribution in [-0.2, 0) is 6.42 Å². The number of nitrogens with one attached hydrogen (secondary N) is 1. The van der Waals surface area contributed by atoms with Gasteiger partial charge in [0.1, 0.15) is 17.2 Å². The van der Waals surface area contributed by atoms with E-state index in [1.165, 1.54) is 11.9 Å². The average Bonchev–Trinajstić information content (AvgIpc) is 2.33. The Morgan fingerprint density at radius 1 is 1.29 bits per heavy atom. The van der Waals surface area contributed by atoms with Crippen LogP contribution in [0.1, 0.15) is 12.5 Å². The van der Waals surface area contributed by atoms with Gasteiger partial charge >= 0.3 is 0 Å². The fraction of sp³-hybridized carbons (Fsp3) is 0.231. The number of hydrogen-bond acceptors (Lipinski definition) is 3. The van der Waals surface area contributed by atoms with Gasteiger partial charge in [-0.3, -0.25) is 0 Å². The first-order valence-corrected chi connectivity index (χ1v) is 5.89. The predicted octanol–water partition coefficient (Wildman–Crippen LogP) is 3.17. The molecule has 0 saturated carbocycles. The van der Waals surface area contributed by atoms with Gasteiger partial charge in [-0.15, -0.1) is 0 Å². The van der Waals surface area contributed by atoms with Crippen LogP contribution in [0, 0.1) is 0 Å². The summed E-state index contributed by atoms with van der Waals surface area (Å²) in [5.41, 5.74) is 1.29. The van der Waals surface area contributed by atoms with E-state index < -0.39 is 0 Å². The summed E-state index contributed by atoms with van der Waals surface area (Å²) in [5.74, 6) is 0.685. The molecule has 0 spiro atoms. The highest BCUT2D eigenvalue weighted by molar-refractivity contribution is 6.32. The molecule has 17 heavy (non-hydrogen) atoms. The van der Waals surface area contributed by atoms with Gasteiger partial charge in [0.05, 0.1) is 6.20 Å². The zero-order valence-corrected chi connectivity index (χ0v) is 10.4. The lowest BCUT2D eigenvalue weighted by atomic mass is 10.1. The molecular weight excluding hydrogens is 234 g/mol. The average molecular weight is 248 g/mol. The van der Waals surface area contributed by atoms with Crippen LogP contribution in [0.3, 0.4) is 0 Å². The second kappa shape index (κ2) is 5.64. The smallest absolute Gasteiger partial charge is 0.148 e. The van der Waals surface area contributed by atoms with Gasteiger partial charge in [-0.1, -0.05) is 41.9 Å². The van der Waals surface area contributed by atoms with E-state index in [1.807, 2.05) is 18.2 Å². The Morgan fingerprint density at radius 2 is 2.06 bits per heavy atom. The van der Waals surface area contributed by atoms with E-state index >= 15 is 0 Å². The van der Waals surface area contributed by atoms with Gasteiger partial charge in [-0.05, 0) is 18.9 Å². The minimum atomic E-state index is 0.268. The minimum Gasteiger partial charge on any atom is -0.366 e. The molecule has 1 heterocycles. The molecule has 0 aliphatic rings. The molecule has 0 radical (unpaired) electrons. The maximum absolute atomic E-state index is 5.98. The molecule has 2 rings (SSSR count). The molecule has 1 aromatic carbocycles. The van der Waals surface area contributed by atoms with Gasteiger partial charge in [0.25, 0.3) is 0 Å². The van der Waals surface area contributed by atoms with Gasteiger partial charge in [0, 0.05) is 6.04 Å². The number of nitrogens with zero attached hydrogens (tertiary/aromatic N) is 2. The first-order chi connectivity index (χ1) is 8.25. The lowest BCUT2D eigenvalue weighted by molar-refractivity contribution is 0.783. The molecule has 1 atom stereocenters. The molecule has 2 aromatic rings. The van der Waals surface area contributed by atoms with E-state index in [0.717, 1.165) is 6.42 Å². The van der Waals surface area contributed by atoms with Gasteiger partial charge in [0.2, 0.25) is 0 Å². The molecule has 1 aromatic heterocycles. The van der Waals surface area contributed by atoms with Crippen LogP contribution in [0.25, 0.3) is 0 Å². The first-order valence-electron chi connectivity index (χ1n) is 5.51. The number of anilines is 1. The third-order valence-electron chi connectivity index (χ3n) is 2.44. The van der Waals surface area contributed by atoms with Crippen molar-refractivity contribution in [3.05, 3.63) is 53.4 Å². The number of benzene rings is 1. The van der Waals surface area contributed by atoms with Crippen LogP contribution in [-0.4, -0.2) is 16.0 Å². The summed E-state index contributed by atoms with van der Waals surface area (Å²) in [6.45, 7) is 2.10. The Labute approximate surface area is 106 Å². The molecule has 0 fully saturated rings. The standard InChI is InChI=1S/C13H14ClN3/c1-10(7-11-5-3-2-4-6-11)17-13-12(14)8-15-9-16-13/h2-6,8-10H,7H2,1H3,(H,15,16,17). The number of hydrogen-bond donors (Lipinski definition) is 1. The lowest BCUT2D eigenvalue weighted by Crippen LogP contribution is -2.19. The van der Waals surface area contributed by atoms with Crippen molar-refractivity contribution in [2.45, 2.75) is 19.4 Å². The van der Waals surface area contributed by atoms with Crippen molar-refractivity contribution < 1.29 is 0 Å². The van der Waals surface area contributed by atoms with Crippen LogP contribution in [0.2, 0.25) is 5.02 Å². The van der Waals surface area contributed by atoms with Gasteiger partial charge < -0.3 is 5.32 Å². The fourth-order valence-electron chi connectivity index (χ4n) is 1.67. The van der Waals surface area contributed by atoms with Crippen LogP contribution in [0.5, 0.6) is 0 Å². The summed E-state index contributed by atoms with van der Waals surface area (Å²) in [4.78, 5) is 7.96. The van der Waals surface area contributed by atoms with Crippen molar-refractivity contribution in [2.75, 3.05) is 5.32 Å². The number of rotatable bonds is 4. The normalized spacial score (nSPS) is 12.1. The number of aromatic nitrogens is 2. The van der Waals surface area contributed by atoms with Crippen molar-refractivity contribution in [3.63, 3.8) is 0 Å². The Hall–Kier alpha value is -1.61. The van der Waals surface area contributed by atoms with E-state index in [4.69, 9.17) is 11.6 Å². The van der Waals surface area contributed by atoms with Gasteiger partial charge in [-0.2, -0.15) is 0 Å². The molecule has 0 aliphatic heterocycles. The van der Waals surface area contributed by atoms with Crippen LogP contribution in [0.15, 0.2) is 42.9 Å². The predicted molar refractivity (Wildman–Crippen MR) is 70.3 cm³/mol. The van der Waals surface area contributed by atoms with E-state index in [-0.39, 0.29) is 6.04 Å². The quantitative estimate of drug-likeness (QED) is 0.902. The summed E-state index contributed by atoms with van der Waals surface area (Å²) in [7, 11) is 0. The SMILES string of the molecule is CC(Cc1ccccc1)Nc1ncncc1Cl. The summed E-state index contributed by atoms with van der Waals surface area (Å²) in [6.07, 6.45) is 4.01. The van der Waals surface area contributed by atoms with E-state index in [2.05, 4.69) is 34.3 Å². The highest BCUT2D eigenvalue weighted by atomic mass is 35.5. The topological polar surface area (TPSA) is 37.8 Å². The summed E-state index contributed by atoms with van der Waals surface area (Å²) >= 11 is 5.98. The van der Waals surface area contributed by atoms with Crippen LogP contribution in [0.4, 0.5) is 5.82 Å². The Bertz CT molecular complexity index is 473. The minimum absolute atomic E-state index is 0.268. The zero-order chi connectivity index (χ0) is 12.1. The lowest BCUT2D eigenvalue weighted by Gasteiger charge is -2.15. The molecule has 1 unspecified atom stereocenters. The van der Waals surface area contributed by atoms with Crippen LogP contribution < -0.4 is 5.32 Å². The molecule has 1 N–H and O–H groups in total. The van der Waals surface area contributed by atoms with Crippen molar-refractivity contribution in [3.8, 4) is 0 Å². The van der Waals surface area contributed by atoms with Gasteiger partial charge in [0.15, 0.2) is 0 Å².